The zero-order valence-electron chi connectivity index (χ0n) is 12.2. The van der Waals surface area contributed by atoms with Gasteiger partial charge in [-0.05, 0) is 49.2 Å². The summed E-state index contributed by atoms with van der Waals surface area (Å²) in [6.45, 7) is 3.81. The molecular weight excluding hydrogens is 302 g/mol. The number of halogens is 1. The van der Waals surface area contributed by atoms with E-state index >= 15 is 0 Å². The predicted molar refractivity (Wildman–Crippen MR) is 89.0 cm³/mol. The number of nitrogens with two attached hydrogens (primary N) is 1. The maximum Gasteiger partial charge on any atom is 0.314 e. The van der Waals surface area contributed by atoms with Crippen molar-refractivity contribution in [2.24, 2.45) is 0 Å². The first-order valence-corrected chi connectivity index (χ1v) is 7.00. The molecule has 4 N–H and O–H groups in total. The smallest absolute Gasteiger partial charge is 0.314 e. The minimum atomic E-state index is -0.776. The second kappa shape index (κ2) is 6.49. The maximum absolute atomic E-state index is 12.0. The first-order chi connectivity index (χ1) is 10.4. The monoisotopic (exact) mass is 317 g/mol. The van der Waals surface area contributed by atoms with E-state index in [-0.39, 0.29) is 0 Å². The summed E-state index contributed by atoms with van der Waals surface area (Å²) in [6.07, 6.45) is 0. The lowest BCUT2D eigenvalue weighted by Gasteiger charge is -2.10. The molecule has 114 valence electrons. The highest BCUT2D eigenvalue weighted by molar-refractivity contribution is 6.44. The fourth-order valence-electron chi connectivity index (χ4n) is 1.86. The topological polar surface area (TPSA) is 84.2 Å². The Bertz CT molecular complexity index is 744. The second-order valence-electron chi connectivity index (χ2n) is 4.89. The molecule has 0 saturated carbocycles. The summed E-state index contributed by atoms with van der Waals surface area (Å²) in [5, 5.41) is 5.37. The third kappa shape index (κ3) is 3.56. The zero-order chi connectivity index (χ0) is 16.3. The van der Waals surface area contributed by atoms with E-state index in [0.717, 1.165) is 11.1 Å². The van der Waals surface area contributed by atoms with Gasteiger partial charge in [0.25, 0.3) is 0 Å². The lowest BCUT2D eigenvalue weighted by atomic mass is 10.1. The quantitative estimate of drug-likeness (QED) is 0.587. The van der Waals surface area contributed by atoms with Crippen LogP contribution in [0.4, 0.5) is 17.1 Å². The molecule has 0 saturated heterocycles. The van der Waals surface area contributed by atoms with Gasteiger partial charge < -0.3 is 16.4 Å². The highest BCUT2D eigenvalue weighted by atomic mass is 35.5. The van der Waals surface area contributed by atoms with Crippen molar-refractivity contribution in [2.45, 2.75) is 13.8 Å². The summed E-state index contributed by atoms with van der Waals surface area (Å²) in [4.78, 5) is 23.9. The maximum atomic E-state index is 12.0. The molecule has 0 bridgehead atoms. The number of amides is 2. The third-order valence-corrected chi connectivity index (χ3v) is 3.64. The zero-order valence-corrected chi connectivity index (χ0v) is 13.0. The number of hydrogen-bond donors (Lipinski definition) is 3. The number of anilines is 3. The van der Waals surface area contributed by atoms with Crippen LogP contribution in [0.3, 0.4) is 0 Å². The van der Waals surface area contributed by atoms with Gasteiger partial charge in [-0.1, -0.05) is 23.7 Å². The summed E-state index contributed by atoms with van der Waals surface area (Å²) in [6, 6.07) is 10.1. The molecular formula is C16H16ClN3O2. The highest BCUT2D eigenvalue weighted by Crippen LogP contribution is 2.22. The predicted octanol–water partition coefficient (Wildman–Crippen LogP) is 3.12. The van der Waals surface area contributed by atoms with E-state index < -0.39 is 11.8 Å². The van der Waals surface area contributed by atoms with E-state index in [2.05, 4.69) is 10.6 Å². The Balaban J connectivity index is 2.07. The average Bonchev–Trinajstić information content (AvgIpc) is 2.47. The molecule has 0 aliphatic carbocycles. The van der Waals surface area contributed by atoms with Crippen molar-refractivity contribution >= 4 is 40.5 Å². The minimum Gasteiger partial charge on any atom is -0.398 e. The van der Waals surface area contributed by atoms with Crippen molar-refractivity contribution in [1.29, 1.82) is 0 Å². The van der Waals surface area contributed by atoms with Crippen molar-refractivity contribution in [3.8, 4) is 0 Å². The van der Waals surface area contributed by atoms with Crippen LogP contribution in [0, 0.1) is 13.8 Å². The number of benzene rings is 2. The molecule has 0 unspecified atom stereocenters. The molecule has 0 spiro atoms. The second-order valence-corrected chi connectivity index (χ2v) is 5.30. The van der Waals surface area contributed by atoms with E-state index in [9.17, 15) is 9.59 Å². The van der Waals surface area contributed by atoms with Gasteiger partial charge in [-0.25, -0.2) is 0 Å². The number of aryl methyl sites for hydroxylation is 1. The summed E-state index contributed by atoms with van der Waals surface area (Å²) >= 11 is 5.87. The van der Waals surface area contributed by atoms with Gasteiger partial charge in [-0.15, -0.1) is 0 Å². The lowest BCUT2D eigenvalue weighted by molar-refractivity contribution is -0.133. The van der Waals surface area contributed by atoms with Crippen LogP contribution in [0.15, 0.2) is 36.4 Å². The van der Waals surface area contributed by atoms with Crippen LogP contribution in [0.2, 0.25) is 5.02 Å². The van der Waals surface area contributed by atoms with Gasteiger partial charge in [-0.2, -0.15) is 0 Å². The van der Waals surface area contributed by atoms with Crippen LogP contribution in [0.25, 0.3) is 0 Å². The standard InChI is InChI=1S/C16H16ClN3O2/c1-9-4-3-5-14(10(9)2)20-16(22)15(21)19-11-6-7-13(18)12(17)8-11/h3-8H,18H2,1-2H3,(H,19,21)(H,20,22). The molecule has 5 nitrogen and oxygen atoms in total. The van der Waals surface area contributed by atoms with Gasteiger partial charge in [0.1, 0.15) is 0 Å². The number of nitrogen functional groups attached to an aromatic ring is 1. The van der Waals surface area contributed by atoms with Gasteiger partial charge >= 0.3 is 11.8 Å². The normalized spacial score (nSPS) is 10.1. The van der Waals surface area contributed by atoms with Crippen molar-refractivity contribution in [3.63, 3.8) is 0 Å². The van der Waals surface area contributed by atoms with E-state index in [0.29, 0.717) is 22.1 Å². The van der Waals surface area contributed by atoms with E-state index in [1.165, 1.54) is 6.07 Å². The largest absolute Gasteiger partial charge is 0.398 e. The van der Waals surface area contributed by atoms with Crippen molar-refractivity contribution in [1.82, 2.24) is 0 Å². The number of carbonyl (C=O) groups excluding carboxylic acids is 2. The van der Waals surface area contributed by atoms with Crippen molar-refractivity contribution < 1.29 is 9.59 Å². The van der Waals surface area contributed by atoms with Gasteiger partial charge in [0.2, 0.25) is 0 Å². The number of nitrogens with one attached hydrogen (secondary N) is 2. The van der Waals surface area contributed by atoms with Crippen molar-refractivity contribution in [2.75, 3.05) is 16.4 Å². The molecule has 6 heteroatoms. The average molecular weight is 318 g/mol. The molecule has 22 heavy (non-hydrogen) atoms. The number of carbonyl (C=O) groups is 2. The number of hydrogen-bond acceptors (Lipinski definition) is 3. The van der Waals surface area contributed by atoms with E-state index in [4.69, 9.17) is 17.3 Å². The van der Waals surface area contributed by atoms with E-state index in [1.54, 1.807) is 18.2 Å². The summed E-state index contributed by atoms with van der Waals surface area (Å²) in [5.41, 5.74) is 8.95. The molecule has 0 radical (unpaired) electrons. The first kappa shape index (κ1) is 15.9. The van der Waals surface area contributed by atoms with Gasteiger partial charge in [0, 0.05) is 11.4 Å². The molecule has 0 aliphatic heterocycles. The molecule has 0 fully saturated rings. The Morgan fingerprint density at radius 3 is 2.41 bits per heavy atom. The number of rotatable bonds is 2. The Morgan fingerprint density at radius 1 is 1.05 bits per heavy atom. The summed E-state index contributed by atoms with van der Waals surface area (Å²) < 4.78 is 0. The van der Waals surface area contributed by atoms with E-state index in [1.807, 2.05) is 26.0 Å². The minimum absolute atomic E-state index is 0.313. The molecule has 2 amide bonds. The molecule has 0 atom stereocenters. The van der Waals surface area contributed by atoms with Crippen LogP contribution < -0.4 is 16.4 Å². The van der Waals surface area contributed by atoms with Crippen LogP contribution >= 0.6 is 11.6 Å². The molecule has 2 aromatic rings. The SMILES string of the molecule is Cc1cccc(NC(=O)C(=O)Nc2ccc(N)c(Cl)c2)c1C. The Labute approximate surface area is 133 Å². The third-order valence-electron chi connectivity index (χ3n) is 3.32. The Kier molecular flexibility index (Phi) is 4.68. The lowest BCUT2D eigenvalue weighted by Crippen LogP contribution is -2.29. The first-order valence-electron chi connectivity index (χ1n) is 6.62. The van der Waals surface area contributed by atoms with Crippen LogP contribution in [-0.4, -0.2) is 11.8 Å². The van der Waals surface area contributed by atoms with Gasteiger partial charge in [0.15, 0.2) is 0 Å². The molecule has 2 rings (SSSR count). The summed E-state index contributed by atoms with van der Waals surface area (Å²) in [5.74, 6) is -1.52. The highest BCUT2D eigenvalue weighted by Gasteiger charge is 2.15. The van der Waals surface area contributed by atoms with Gasteiger partial charge in [0.05, 0.1) is 10.7 Å². The molecule has 0 heterocycles. The van der Waals surface area contributed by atoms with Crippen LogP contribution in [0.5, 0.6) is 0 Å². The van der Waals surface area contributed by atoms with Crippen LogP contribution in [0.1, 0.15) is 11.1 Å². The van der Waals surface area contributed by atoms with Gasteiger partial charge in [-0.3, -0.25) is 9.59 Å². The van der Waals surface area contributed by atoms with Crippen LogP contribution in [-0.2, 0) is 9.59 Å². The van der Waals surface area contributed by atoms with Crippen molar-refractivity contribution in [3.05, 3.63) is 52.5 Å². The summed E-state index contributed by atoms with van der Waals surface area (Å²) in [7, 11) is 0. The fourth-order valence-corrected chi connectivity index (χ4v) is 2.04. The Hall–Kier alpha value is -2.53. The molecule has 0 aromatic heterocycles. The molecule has 0 aliphatic rings. The molecule has 2 aromatic carbocycles. The fraction of sp³-hybridized carbons (Fsp3) is 0.125. The Morgan fingerprint density at radius 2 is 1.73 bits per heavy atom.